The van der Waals surface area contributed by atoms with E-state index < -0.39 is 0 Å². The number of rotatable bonds is 14. The normalized spacial score (nSPS) is 16.4. The van der Waals surface area contributed by atoms with Crippen molar-refractivity contribution in [1.82, 2.24) is 9.80 Å². The molecule has 0 radical (unpaired) electrons. The summed E-state index contributed by atoms with van der Waals surface area (Å²) >= 11 is 4.95. The fraction of sp³-hybridized carbons (Fsp3) is 0.471. The molecule has 0 fully saturated rings. The van der Waals surface area contributed by atoms with Crippen molar-refractivity contribution in [2.45, 2.75) is 79.1 Å². The van der Waals surface area contributed by atoms with Crippen molar-refractivity contribution in [3.05, 3.63) is 78.8 Å². The molecule has 0 saturated carbocycles. The second-order valence-electron chi connectivity index (χ2n) is 10.9. The van der Waals surface area contributed by atoms with Crippen LogP contribution in [0.5, 0.6) is 0 Å². The lowest BCUT2D eigenvalue weighted by Gasteiger charge is -2.29. The first kappa shape index (κ1) is 31.5. The predicted octanol–water partition coefficient (Wildman–Crippen LogP) is 9.80. The smallest absolute Gasteiger partial charge is 0.261 e. The van der Waals surface area contributed by atoms with Gasteiger partial charge in [0.15, 0.2) is 0 Å². The van der Waals surface area contributed by atoms with Crippen LogP contribution >= 0.6 is 34.0 Å². The Morgan fingerprint density at radius 3 is 1.37 bits per heavy atom. The van der Waals surface area contributed by atoms with E-state index in [2.05, 4.69) is 39.8 Å². The lowest BCUT2D eigenvalue weighted by atomic mass is 9.98. The van der Waals surface area contributed by atoms with E-state index in [4.69, 9.17) is 0 Å². The Morgan fingerprint density at radius 2 is 1.07 bits per heavy atom. The lowest BCUT2D eigenvalue weighted by molar-refractivity contribution is -0.124. The van der Waals surface area contributed by atoms with Crippen LogP contribution in [0.2, 0.25) is 0 Å². The molecule has 0 spiro atoms. The topological polar surface area (TPSA) is 40.6 Å². The van der Waals surface area contributed by atoms with Gasteiger partial charge in [-0.3, -0.25) is 9.59 Å². The van der Waals surface area contributed by atoms with E-state index in [1.165, 1.54) is 0 Å². The zero-order chi connectivity index (χ0) is 29.2. The van der Waals surface area contributed by atoms with Gasteiger partial charge in [0.05, 0.1) is 32.3 Å². The van der Waals surface area contributed by atoms with Gasteiger partial charge in [-0.25, -0.2) is 0 Å². The van der Waals surface area contributed by atoms with Gasteiger partial charge in [0.2, 0.25) is 0 Å². The maximum atomic E-state index is 14.2. The van der Waals surface area contributed by atoms with Crippen LogP contribution in [0.3, 0.4) is 0 Å². The monoisotopic (exact) mass is 608 g/mol. The van der Waals surface area contributed by atoms with Crippen molar-refractivity contribution in [2.24, 2.45) is 11.8 Å². The molecule has 0 bridgehead atoms. The Hall–Kier alpha value is -2.48. The molecule has 41 heavy (non-hydrogen) atoms. The Balaban J connectivity index is 0.000000699. The molecule has 5 heterocycles. The molecule has 7 heteroatoms. The first-order valence-corrected chi connectivity index (χ1v) is 17.9. The van der Waals surface area contributed by atoms with Crippen LogP contribution < -0.4 is 0 Å². The number of amides is 2. The molecule has 0 aromatic carbocycles. The summed E-state index contributed by atoms with van der Waals surface area (Å²) in [5.74, 6) is 0.867. The van der Waals surface area contributed by atoms with Crippen LogP contribution in [0, 0.1) is 11.8 Å². The molecule has 2 aliphatic rings. The van der Waals surface area contributed by atoms with Crippen LogP contribution in [0.25, 0.3) is 11.4 Å². The van der Waals surface area contributed by atoms with Crippen LogP contribution in [0.1, 0.15) is 88.8 Å². The highest BCUT2D eigenvalue weighted by Gasteiger charge is 2.49. The van der Waals surface area contributed by atoms with Crippen molar-refractivity contribution in [3.63, 3.8) is 0 Å². The summed E-state index contributed by atoms with van der Waals surface area (Å²) < 4.78 is 0. The highest BCUT2D eigenvalue weighted by molar-refractivity contribution is 7.11. The number of thiophene rings is 3. The van der Waals surface area contributed by atoms with Crippen molar-refractivity contribution in [1.29, 1.82) is 0 Å². The molecule has 2 amide bonds. The van der Waals surface area contributed by atoms with Crippen LogP contribution in [-0.2, 0) is 9.59 Å². The fourth-order valence-corrected chi connectivity index (χ4v) is 7.68. The van der Waals surface area contributed by atoms with E-state index >= 15 is 0 Å². The molecule has 2 unspecified atom stereocenters. The maximum absolute atomic E-state index is 14.2. The second-order valence-corrected chi connectivity index (χ2v) is 13.6. The van der Waals surface area contributed by atoms with E-state index in [-0.39, 0.29) is 11.8 Å². The Kier molecular flexibility index (Phi) is 12.0. The van der Waals surface area contributed by atoms with Crippen molar-refractivity contribution < 1.29 is 9.59 Å². The zero-order valence-electron chi connectivity index (χ0n) is 24.9. The average molecular weight is 609 g/mol. The summed E-state index contributed by atoms with van der Waals surface area (Å²) in [6.45, 7) is 10.2. The number of unbranched alkanes of at least 4 members (excludes halogenated alkanes) is 2. The molecular formula is C34H44N2O2S3. The van der Waals surface area contributed by atoms with Gasteiger partial charge in [-0.1, -0.05) is 90.5 Å². The fourth-order valence-electron chi connectivity index (χ4n) is 5.66. The summed E-state index contributed by atoms with van der Waals surface area (Å²) in [6, 6.07) is 12.2. The summed E-state index contributed by atoms with van der Waals surface area (Å²) in [6.07, 6.45) is 8.91. The van der Waals surface area contributed by atoms with Crippen LogP contribution in [-0.4, -0.2) is 34.7 Å². The lowest BCUT2D eigenvalue weighted by Crippen LogP contribution is -2.34. The second kappa shape index (κ2) is 15.7. The third-order valence-corrected chi connectivity index (χ3v) is 10.5. The van der Waals surface area contributed by atoms with Crippen molar-refractivity contribution in [2.75, 3.05) is 13.1 Å². The quantitative estimate of drug-likeness (QED) is 0.183. The van der Waals surface area contributed by atoms with Crippen molar-refractivity contribution >= 4 is 57.2 Å². The molecule has 3 aromatic rings. The molecule has 2 aliphatic heterocycles. The highest BCUT2D eigenvalue weighted by atomic mass is 32.1. The molecule has 3 aromatic heterocycles. The molecule has 2 atom stereocenters. The molecular weight excluding hydrogens is 565 g/mol. The molecule has 5 rings (SSSR count). The SMILES string of the molecule is CCCCC(CC)CN1C(=O)C2=C(c3cccs3)N(CC(CC)CCCC)C(=O)C2=C1c1cccs1.c1ccsc1. The largest absolute Gasteiger partial charge is 0.306 e. The number of nitrogens with zero attached hydrogens (tertiary/aromatic N) is 2. The number of carbonyl (C=O) groups is 2. The van der Waals surface area contributed by atoms with E-state index in [1.807, 2.05) is 55.6 Å². The van der Waals surface area contributed by atoms with Gasteiger partial charge in [-0.2, -0.15) is 11.3 Å². The standard InChI is InChI=1S/C30H40N2O2S2.C4H4S/c1-5-9-13-21(7-3)19-31-27(23-15-11-17-35-23)25-26(29(31)33)28(24-16-12-18-36-24)32(30(25)34)20-22(8-4)14-10-6-2;1-2-4-5-3-1/h11-12,15-18,21-22H,5-10,13-14,19-20H2,1-4H3;1-4H. The van der Waals surface area contributed by atoms with Crippen LogP contribution in [0.4, 0.5) is 0 Å². The first-order valence-electron chi connectivity index (χ1n) is 15.2. The van der Waals surface area contributed by atoms with Gasteiger partial charge < -0.3 is 9.80 Å². The maximum Gasteiger partial charge on any atom is 0.261 e. The Bertz CT molecular complexity index is 1180. The molecule has 220 valence electrons. The zero-order valence-corrected chi connectivity index (χ0v) is 27.4. The van der Waals surface area contributed by atoms with E-state index in [9.17, 15) is 9.59 Å². The van der Waals surface area contributed by atoms with E-state index in [0.29, 0.717) is 36.1 Å². The van der Waals surface area contributed by atoms with Gasteiger partial charge in [0.1, 0.15) is 0 Å². The van der Waals surface area contributed by atoms with Crippen molar-refractivity contribution in [3.8, 4) is 0 Å². The molecule has 0 saturated heterocycles. The summed E-state index contributed by atoms with van der Waals surface area (Å²) in [5.41, 5.74) is 2.93. The van der Waals surface area contributed by atoms with Gasteiger partial charge in [0, 0.05) is 13.1 Å². The van der Waals surface area contributed by atoms with Gasteiger partial charge in [0.25, 0.3) is 11.8 Å². The number of hydrogen-bond acceptors (Lipinski definition) is 5. The number of hydrogen-bond donors (Lipinski definition) is 0. The van der Waals surface area contributed by atoms with Gasteiger partial charge >= 0.3 is 0 Å². The van der Waals surface area contributed by atoms with E-state index in [1.54, 1.807) is 34.0 Å². The average Bonchev–Trinajstić information content (AvgIpc) is 3.83. The number of carbonyl (C=O) groups excluding carboxylic acids is 2. The summed E-state index contributed by atoms with van der Waals surface area (Å²) in [4.78, 5) is 34.3. The first-order chi connectivity index (χ1) is 20.0. The summed E-state index contributed by atoms with van der Waals surface area (Å²) in [5, 5.41) is 8.16. The minimum absolute atomic E-state index is 0.00389. The highest BCUT2D eigenvalue weighted by Crippen LogP contribution is 2.48. The molecule has 0 aliphatic carbocycles. The minimum atomic E-state index is 0.00389. The minimum Gasteiger partial charge on any atom is -0.306 e. The Labute approximate surface area is 258 Å². The Morgan fingerprint density at radius 1 is 0.634 bits per heavy atom. The van der Waals surface area contributed by atoms with E-state index in [0.717, 1.165) is 72.5 Å². The third-order valence-electron chi connectivity index (χ3n) is 8.08. The van der Waals surface area contributed by atoms with Gasteiger partial charge in [-0.15, -0.1) is 22.7 Å². The van der Waals surface area contributed by atoms with Crippen LogP contribution in [0.15, 0.2) is 69.1 Å². The van der Waals surface area contributed by atoms with Gasteiger partial charge in [-0.05, 0) is 58.3 Å². The molecule has 4 nitrogen and oxygen atoms in total. The third kappa shape index (κ3) is 7.30. The molecule has 0 N–H and O–H groups in total. The summed E-state index contributed by atoms with van der Waals surface area (Å²) in [7, 11) is 0. The number of fused-ring (bicyclic) bond motifs is 1. The predicted molar refractivity (Wildman–Crippen MR) is 177 cm³/mol.